The minimum atomic E-state index is -0.202. The molecule has 3 rings (SSSR count). The fraction of sp³-hybridized carbons (Fsp3) is 0.200. The van der Waals surface area contributed by atoms with Crippen molar-refractivity contribution in [1.82, 2.24) is 0 Å². The first-order chi connectivity index (χ1) is 15.0. The molecule has 6 heteroatoms. The minimum Gasteiger partial charge on any atom is -0.491 e. The van der Waals surface area contributed by atoms with Crippen LogP contribution in [0.1, 0.15) is 30.6 Å². The predicted molar refractivity (Wildman–Crippen MR) is 125 cm³/mol. The highest BCUT2D eigenvalue weighted by Crippen LogP contribution is 2.18. The number of anilines is 3. The maximum atomic E-state index is 12.3. The smallest absolute Gasteiger partial charge is 0.255 e. The quantitative estimate of drug-likeness (QED) is 0.449. The summed E-state index contributed by atoms with van der Waals surface area (Å²) in [5, 5.41) is 8.76. The van der Waals surface area contributed by atoms with Gasteiger partial charge < -0.3 is 20.7 Å². The summed E-state index contributed by atoms with van der Waals surface area (Å²) in [6.07, 6.45) is 1.11. The van der Waals surface area contributed by atoms with Crippen molar-refractivity contribution < 1.29 is 14.3 Å². The molecule has 31 heavy (non-hydrogen) atoms. The molecule has 0 aliphatic carbocycles. The van der Waals surface area contributed by atoms with Crippen LogP contribution in [0.15, 0.2) is 78.9 Å². The van der Waals surface area contributed by atoms with Crippen LogP contribution in [-0.4, -0.2) is 24.5 Å². The normalized spacial score (nSPS) is 11.3. The Morgan fingerprint density at radius 1 is 0.839 bits per heavy atom. The summed E-state index contributed by atoms with van der Waals surface area (Å²) in [5.41, 5.74) is 2.61. The summed E-state index contributed by atoms with van der Waals surface area (Å²) in [6.45, 7) is 4.22. The monoisotopic (exact) mass is 417 g/mol. The van der Waals surface area contributed by atoms with E-state index in [1.165, 1.54) is 0 Å². The van der Waals surface area contributed by atoms with E-state index in [0.29, 0.717) is 16.9 Å². The highest BCUT2D eigenvalue weighted by molar-refractivity contribution is 6.04. The van der Waals surface area contributed by atoms with Gasteiger partial charge in [-0.3, -0.25) is 9.59 Å². The van der Waals surface area contributed by atoms with Crippen LogP contribution >= 0.6 is 0 Å². The molecule has 1 unspecified atom stereocenters. The first-order valence-electron chi connectivity index (χ1n) is 10.3. The van der Waals surface area contributed by atoms with E-state index in [1.807, 2.05) is 49.4 Å². The lowest BCUT2D eigenvalue weighted by molar-refractivity contribution is -0.114. The van der Waals surface area contributed by atoms with Gasteiger partial charge in [0.1, 0.15) is 5.75 Å². The molecule has 0 aromatic heterocycles. The predicted octanol–water partition coefficient (Wildman–Crippen LogP) is 5.17. The summed E-state index contributed by atoms with van der Waals surface area (Å²) in [6, 6.07) is 23.5. The molecular weight excluding hydrogens is 390 g/mol. The zero-order valence-corrected chi connectivity index (χ0v) is 17.7. The standard InChI is InChI=1S/C25H27N3O3/c1-3-18(2)31-23-14-12-20(13-15-23)26-17-24(29)27-21-10-7-11-22(16-21)28-25(30)19-8-5-4-6-9-19/h4-16,18,26H,3,17H2,1-2H3,(H,27,29)(H,28,30). The molecule has 0 spiro atoms. The van der Waals surface area contributed by atoms with Crippen molar-refractivity contribution in [3.8, 4) is 5.75 Å². The molecule has 6 nitrogen and oxygen atoms in total. The average molecular weight is 418 g/mol. The number of carbonyl (C=O) groups is 2. The van der Waals surface area contributed by atoms with Crippen LogP contribution in [0.2, 0.25) is 0 Å². The zero-order chi connectivity index (χ0) is 22.1. The van der Waals surface area contributed by atoms with Gasteiger partial charge in [0, 0.05) is 22.6 Å². The fourth-order valence-corrected chi connectivity index (χ4v) is 2.82. The first kappa shape index (κ1) is 21.9. The van der Waals surface area contributed by atoms with Gasteiger partial charge in [0.25, 0.3) is 5.91 Å². The molecule has 0 saturated carbocycles. The molecule has 0 heterocycles. The Balaban J connectivity index is 1.50. The number of ether oxygens (including phenoxy) is 1. The average Bonchev–Trinajstić information content (AvgIpc) is 2.79. The van der Waals surface area contributed by atoms with Gasteiger partial charge in [-0.15, -0.1) is 0 Å². The second kappa shape index (κ2) is 10.8. The number of hydrogen-bond donors (Lipinski definition) is 3. The summed E-state index contributed by atoms with van der Waals surface area (Å²) >= 11 is 0. The van der Waals surface area contributed by atoms with E-state index in [4.69, 9.17) is 4.74 Å². The number of hydrogen-bond acceptors (Lipinski definition) is 4. The molecule has 0 aliphatic rings. The Labute approximate surface area is 182 Å². The van der Waals surface area contributed by atoms with E-state index >= 15 is 0 Å². The minimum absolute atomic E-state index is 0.117. The number of carbonyl (C=O) groups excluding carboxylic acids is 2. The Hall–Kier alpha value is -3.80. The zero-order valence-electron chi connectivity index (χ0n) is 17.7. The van der Waals surface area contributed by atoms with Crippen LogP contribution in [0.5, 0.6) is 5.75 Å². The maximum absolute atomic E-state index is 12.3. The molecule has 3 N–H and O–H groups in total. The highest BCUT2D eigenvalue weighted by atomic mass is 16.5. The van der Waals surface area contributed by atoms with Gasteiger partial charge in [-0.25, -0.2) is 0 Å². The van der Waals surface area contributed by atoms with Gasteiger partial charge in [-0.2, -0.15) is 0 Å². The lowest BCUT2D eigenvalue weighted by Gasteiger charge is -2.13. The Bertz CT molecular complexity index is 1000. The van der Waals surface area contributed by atoms with Gasteiger partial charge in [-0.05, 0) is 67.9 Å². The van der Waals surface area contributed by atoms with Gasteiger partial charge in [0.05, 0.1) is 12.6 Å². The second-order valence-corrected chi connectivity index (χ2v) is 7.16. The summed E-state index contributed by atoms with van der Waals surface area (Å²) in [4.78, 5) is 24.6. The van der Waals surface area contributed by atoms with Crippen LogP contribution < -0.4 is 20.7 Å². The third-order valence-electron chi connectivity index (χ3n) is 4.66. The molecule has 1 atom stereocenters. The van der Waals surface area contributed by atoms with Crippen molar-refractivity contribution >= 4 is 28.9 Å². The second-order valence-electron chi connectivity index (χ2n) is 7.16. The molecule has 0 fully saturated rings. The lowest BCUT2D eigenvalue weighted by atomic mass is 10.2. The molecule has 0 saturated heterocycles. The lowest BCUT2D eigenvalue weighted by Crippen LogP contribution is -2.21. The molecule has 0 aliphatic heterocycles. The Kier molecular flexibility index (Phi) is 7.65. The van der Waals surface area contributed by atoms with E-state index in [2.05, 4.69) is 22.9 Å². The third kappa shape index (κ3) is 6.89. The van der Waals surface area contributed by atoms with Crippen LogP contribution in [0.4, 0.5) is 17.1 Å². The van der Waals surface area contributed by atoms with Crippen LogP contribution in [0.3, 0.4) is 0 Å². The summed E-state index contributed by atoms with van der Waals surface area (Å²) < 4.78 is 5.75. The molecule has 3 aromatic rings. The fourth-order valence-electron chi connectivity index (χ4n) is 2.82. The van der Waals surface area contributed by atoms with Gasteiger partial charge in [0.15, 0.2) is 0 Å². The van der Waals surface area contributed by atoms with Crippen molar-refractivity contribution in [2.24, 2.45) is 0 Å². The van der Waals surface area contributed by atoms with Crippen molar-refractivity contribution in [3.63, 3.8) is 0 Å². The van der Waals surface area contributed by atoms with E-state index < -0.39 is 0 Å². The van der Waals surface area contributed by atoms with E-state index in [0.717, 1.165) is 17.9 Å². The van der Waals surface area contributed by atoms with Crippen LogP contribution in [-0.2, 0) is 4.79 Å². The van der Waals surface area contributed by atoms with Crippen molar-refractivity contribution in [1.29, 1.82) is 0 Å². The SMILES string of the molecule is CCC(C)Oc1ccc(NCC(=O)Nc2cccc(NC(=O)c3ccccc3)c2)cc1. The molecule has 0 bridgehead atoms. The summed E-state index contributed by atoms with van der Waals surface area (Å²) in [7, 11) is 0. The molecule has 160 valence electrons. The molecule has 2 amide bonds. The highest BCUT2D eigenvalue weighted by Gasteiger charge is 2.07. The van der Waals surface area contributed by atoms with E-state index in [1.54, 1.807) is 36.4 Å². The molecule has 3 aromatic carbocycles. The largest absolute Gasteiger partial charge is 0.491 e. The van der Waals surface area contributed by atoms with E-state index in [9.17, 15) is 9.59 Å². The van der Waals surface area contributed by atoms with Crippen molar-refractivity contribution in [2.45, 2.75) is 26.4 Å². The number of rotatable bonds is 9. The van der Waals surface area contributed by atoms with Gasteiger partial charge >= 0.3 is 0 Å². The number of nitrogens with one attached hydrogen (secondary N) is 3. The van der Waals surface area contributed by atoms with Crippen LogP contribution in [0.25, 0.3) is 0 Å². The van der Waals surface area contributed by atoms with Gasteiger partial charge in [0.2, 0.25) is 5.91 Å². The first-order valence-corrected chi connectivity index (χ1v) is 10.3. The molecular formula is C25H27N3O3. The van der Waals surface area contributed by atoms with Crippen LogP contribution in [0, 0.1) is 0 Å². The maximum Gasteiger partial charge on any atom is 0.255 e. The van der Waals surface area contributed by atoms with Crippen molar-refractivity contribution in [3.05, 3.63) is 84.4 Å². The van der Waals surface area contributed by atoms with E-state index in [-0.39, 0.29) is 24.5 Å². The summed E-state index contributed by atoms with van der Waals surface area (Å²) in [5.74, 6) is 0.414. The Morgan fingerprint density at radius 2 is 1.52 bits per heavy atom. The topological polar surface area (TPSA) is 79.5 Å². The molecule has 0 radical (unpaired) electrons. The number of benzene rings is 3. The third-order valence-corrected chi connectivity index (χ3v) is 4.66. The van der Waals surface area contributed by atoms with Gasteiger partial charge in [-0.1, -0.05) is 31.2 Å². The number of amides is 2. The van der Waals surface area contributed by atoms with Crippen molar-refractivity contribution in [2.75, 3.05) is 22.5 Å². The Morgan fingerprint density at radius 3 is 2.19 bits per heavy atom.